The van der Waals surface area contributed by atoms with Crippen LogP contribution in [0.5, 0.6) is 0 Å². The Labute approximate surface area is 136 Å². The third-order valence-electron chi connectivity index (χ3n) is 5.03. The number of rotatable bonds is 5. The molecule has 2 aliphatic carbocycles. The molecule has 2 aliphatic rings. The molecule has 0 N–H and O–H groups in total. The quantitative estimate of drug-likeness (QED) is 0.852. The minimum absolute atomic E-state index is 0.124. The fourth-order valence-corrected chi connectivity index (χ4v) is 3.32. The minimum atomic E-state index is 0.124. The van der Waals surface area contributed by atoms with E-state index in [0.717, 1.165) is 18.1 Å². The monoisotopic (exact) mass is 310 g/mol. The zero-order valence-corrected chi connectivity index (χ0v) is 13.6. The van der Waals surface area contributed by atoms with E-state index < -0.39 is 0 Å². The Morgan fingerprint density at radius 3 is 2.70 bits per heavy atom. The zero-order valence-electron chi connectivity index (χ0n) is 13.6. The molecule has 5 nitrogen and oxygen atoms in total. The maximum atomic E-state index is 12.6. The number of aromatic nitrogens is 3. The Balaban J connectivity index is 1.40. The Bertz CT molecular complexity index is 720. The first-order valence-electron chi connectivity index (χ1n) is 8.33. The lowest BCUT2D eigenvalue weighted by atomic mass is 10.1. The predicted octanol–water partition coefficient (Wildman–Crippen LogP) is 2.45. The van der Waals surface area contributed by atoms with Gasteiger partial charge in [0.1, 0.15) is 5.82 Å². The Morgan fingerprint density at radius 2 is 2.00 bits per heavy atom. The molecule has 1 heterocycles. The van der Waals surface area contributed by atoms with E-state index in [9.17, 15) is 4.79 Å². The van der Waals surface area contributed by atoms with Crippen LogP contribution < -0.4 is 0 Å². The lowest BCUT2D eigenvalue weighted by molar-refractivity contribution is -0.132. The average molecular weight is 310 g/mol. The number of carbonyl (C=O) groups is 1. The standard InChI is InChI=1S/C18H22N4O/c1-21(11-16-19-20-17(22(16)2)13-8-9-13)18(23)15-10-14(15)12-6-4-3-5-7-12/h3-7,13-15H,8-11H2,1-2H3/t14-,15-/m0/s1. The van der Waals surface area contributed by atoms with Gasteiger partial charge in [0.15, 0.2) is 5.82 Å². The molecular weight excluding hydrogens is 288 g/mol. The highest BCUT2D eigenvalue weighted by atomic mass is 16.2. The van der Waals surface area contributed by atoms with Gasteiger partial charge >= 0.3 is 0 Å². The molecule has 0 bridgehead atoms. The predicted molar refractivity (Wildman–Crippen MR) is 86.7 cm³/mol. The molecule has 0 spiro atoms. The molecule has 0 radical (unpaired) electrons. The van der Waals surface area contributed by atoms with Crippen LogP contribution >= 0.6 is 0 Å². The summed E-state index contributed by atoms with van der Waals surface area (Å²) in [5, 5.41) is 8.56. The summed E-state index contributed by atoms with van der Waals surface area (Å²) in [6.45, 7) is 0.535. The number of nitrogens with zero attached hydrogens (tertiary/aromatic N) is 4. The Hall–Kier alpha value is -2.17. The van der Waals surface area contributed by atoms with E-state index in [1.807, 2.05) is 32.3 Å². The number of hydrogen-bond donors (Lipinski definition) is 0. The summed E-state index contributed by atoms with van der Waals surface area (Å²) in [6, 6.07) is 10.3. The van der Waals surface area contributed by atoms with Crippen molar-refractivity contribution in [2.75, 3.05) is 7.05 Å². The second-order valence-corrected chi connectivity index (χ2v) is 6.86. The van der Waals surface area contributed by atoms with Crippen LogP contribution in [-0.4, -0.2) is 32.6 Å². The molecule has 1 aromatic carbocycles. The maximum absolute atomic E-state index is 12.6. The third-order valence-corrected chi connectivity index (χ3v) is 5.03. The molecule has 2 atom stereocenters. The third kappa shape index (κ3) is 2.76. The van der Waals surface area contributed by atoms with Crippen LogP contribution in [-0.2, 0) is 18.4 Å². The molecule has 120 valence electrons. The number of hydrogen-bond acceptors (Lipinski definition) is 3. The van der Waals surface area contributed by atoms with Crippen LogP contribution in [0.15, 0.2) is 30.3 Å². The van der Waals surface area contributed by atoms with E-state index in [4.69, 9.17) is 0 Å². The van der Waals surface area contributed by atoms with Crippen LogP contribution in [0.4, 0.5) is 0 Å². The zero-order chi connectivity index (χ0) is 16.0. The molecule has 5 heteroatoms. The normalized spacial score (nSPS) is 22.9. The van der Waals surface area contributed by atoms with E-state index >= 15 is 0 Å². The minimum Gasteiger partial charge on any atom is -0.338 e. The fourth-order valence-electron chi connectivity index (χ4n) is 3.32. The van der Waals surface area contributed by atoms with Gasteiger partial charge in [-0.15, -0.1) is 10.2 Å². The second kappa shape index (κ2) is 5.48. The highest BCUT2D eigenvalue weighted by Gasteiger charge is 2.45. The van der Waals surface area contributed by atoms with Crippen molar-refractivity contribution in [2.45, 2.75) is 37.6 Å². The summed E-state index contributed by atoms with van der Waals surface area (Å²) in [4.78, 5) is 14.4. The fraction of sp³-hybridized carbons (Fsp3) is 0.500. The summed E-state index contributed by atoms with van der Waals surface area (Å²) in [6.07, 6.45) is 3.38. The van der Waals surface area contributed by atoms with Crippen molar-refractivity contribution in [3.8, 4) is 0 Å². The van der Waals surface area contributed by atoms with Crippen LogP contribution in [0.1, 0.15) is 48.3 Å². The van der Waals surface area contributed by atoms with Gasteiger partial charge in [0, 0.05) is 25.9 Å². The van der Waals surface area contributed by atoms with E-state index in [1.54, 1.807) is 4.90 Å². The highest BCUT2D eigenvalue weighted by molar-refractivity contribution is 5.82. The lowest BCUT2D eigenvalue weighted by Gasteiger charge is -2.17. The largest absolute Gasteiger partial charge is 0.338 e. The van der Waals surface area contributed by atoms with Gasteiger partial charge in [-0.1, -0.05) is 30.3 Å². The molecule has 0 saturated heterocycles. The molecule has 2 saturated carbocycles. The van der Waals surface area contributed by atoms with Crippen molar-refractivity contribution >= 4 is 5.91 Å². The average Bonchev–Trinajstić information content (AvgIpc) is 3.48. The van der Waals surface area contributed by atoms with Gasteiger partial charge in [-0.05, 0) is 30.7 Å². The summed E-state index contributed by atoms with van der Waals surface area (Å²) in [5.74, 6) is 3.24. The second-order valence-electron chi connectivity index (χ2n) is 6.86. The number of carbonyl (C=O) groups excluding carboxylic acids is 1. The molecule has 1 aromatic heterocycles. The van der Waals surface area contributed by atoms with Gasteiger partial charge in [-0.25, -0.2) is 0 Å². The van der Waals surface area contributed by atoms with E-state index in [0.29, 0.717) is 18.4 Å². The molecule has 1 amide bonds. The molecule has 0 aliphatic heterocycles. The van der Waals surface area contributed by atoms with Gasteiger partial charge in [0.25, 0.3) is 0 Å². The summed E-state index contributed by atoms with van der Waals surface area (Å²) < 4.78 is 2.06. The Kier molecular flexibility index (Phi) is 3.43. The topological polar surface area (TPSA) is 51.0 Å². The SMILES string of the molecule is CN(Cc1nnc(C2CC2)n1C)C(=O)[C@H]1C[C@H]1c1ccccc1. The number of benzene rings is 1. The first-order chi connectivity index (χ1) is 11.1. The molecule has 23 heavy (non-hydrogen) atoms. The number of amides is 1. The molecule has 4 rings (SSSR count). The van der Waals surface area contributed by atoms with Gasteiger partial charge < -0.3 is 9.47 Å². The van der Waals surface area contributed by atoms with Crippen LogP contribution in [0.3, 0.4) is 0 Å². The van der Waals surface area contributed by atoms with Crippen molar-refractivity contribution in [2.24, 2.45) is 13.0 Å². The maximum Gasteiger partial charge on any atom is 0.226 e. The van der Waals surface area contributed by atoms with Crippen LogP contribution in [0, 0.1) is 5.92 Å². The van der Waals surface area contributed by atoms with Crippen molar-refractivity contribution < 1.29 is 4.79 Å². The first-order valence-corrected chi connectivity index (χ1v) is 8.33. The lowest BCUT2D eigenvalue weighted by Crippen LogP contribution is -2.29. The van der Waals surface area contributed by atoms with E-state index in [2.05, 4.69) is 26.9 Å². The molecule has 0 unspecified atom stereocenters. The van der Waals surface area contributed by atoms with E-state index in [1.165, 1.54) is 18.4 Å². The first kappa shape index (κ1) is 14.4. The Morgan fingerprint density at radius 1 is 1.26 bits per heavy atom. The van der Waals surface area contributed by atoms with E-state index in [-0.39, 0.29) is 11.8 Å². The van der Waals surface area contributed by atoms with Gasteiger partial charge in [0.05, 0.1) is 6.54 Å². The molecule has 2 fully saturated rings. The van der Waals surface area contributed by atoms with Crippen molar-refractivity contribution in [1.82, 2.24) is 19.7 Å². The van der Waals surface area contributed by atoms with Crippen molar-refractivity contribution in [3.63, 3.8) is 0 Å². The molecular formula is C18H22N4O. The van der Waals surface area contributed by atoms with Crippen molar-refractivity contribution in [3.05, 3.63) is 47.5 Å². The van der Waals surface area contributed by atoms with Gasteiger partial charge in [-0.2, -0.15) is 0 Å². The van der Waals surface area contributed by atoms with Crippen LogP contribution in [0.25, 0.3) is 0 Å². The smallest absolute Gasteiger partial charge is 0.226 e. The van der Waals surface area contributed by atoms with Gasteiger partial charge in [-0.3, -0.25) is 4.79 Å². The summed E-state index contributed by atoms with van der Waals surface area (Å²) >= 11 is 0. The van der Waals surface area contributed by atoms with Crippen LogP contribution in [0.2, 0.25) is 0 Å². The summed E-state index contributed by atoms with van der Waals surface area (Å²) in [7, 11) is 3.87. The van der Waals surface area contributed by atoms with Crippen molar-refractivity contribution in [1.29, 1.82) is 0 Å². The van der Waals surface area contributed by atoms with Gasteiger partial charge in [0.2, 0.25) is 5.91 Å². The molecule has 2 aromatic rings. The summed E-state index contributed by atoms with van der Waals surface area (Å²) in [5.41, 5.74) is 1.27. The highest BCUT2D eigenvalue weighted by Crippen LogP contribution is 2.48.